The molecule has 0 N–H and O–H groups in total. The van der Waals surface area contributed by atoms with Gasteiger partial charge in [-0.1, -0.05) is 85.0 Å². The minimum atomic E-state index is 0.686. The topological polar surface area (TPSA) is 0 Å². The molecule has 0 radical (unpaired) electrons. The Morgan fingerprint density at radius 1 is 0.524 bits per heavy atom. The summed E-state index contributed by atoms with van der Waals surface area (Å²) < 4.78 is 0. The van der Waals surface area contributed by atoms with Gasteiger partial charge in [-0.3, -0.25) is 0 Å². The maximum Gasteiger partial charge on any atom is -0.00979 e. The first-order chi connectivity index (χ1) is 10.2. The molecule has 0 aromatic heterocycles. The number of rotatable bonds is 16. The van der Waals surface area contributed by atoms with Crippen molar-refractivity contribution in [3.63, 3.8) is 0 Å². The predicted molar refractivity (Wildman–Crippen MR) is 103 cm³/mol. The summed E-state index contributed by atoms with van der Waals surface area (Å²) in [7, 11) is 0. The van der Waals surface area contributed by atoms with Crippen molar-refractivity contribution in [2.24, 2.45) is 5.41 Å². The van der Waals surface area contributed by atoms with Gasteiger partial charge >= 0.3 is 0 Å². The van der Waals surface area contributed by atoms with Gasteiger partial charge < -0.3 is 0 Å². The third kappa shape index (κ3) is 11.6. The second-order valence-corrected chi connectivity index (χ2v) is 7.50. The standard InChI is InChI=1S/C20H42S/c1-4-7-15-20(16-8-5-2,17-9-6-3)18-13-11-10-12-14-19-21/h21H,4-19H2,1-3H3. The Morgan fingerprint density at radius 2 is 0.905 bits per heavy atom. The van der Waals surface area contributed by atoms with Crippen LogP contribution >= 0.6 is 12.6 Å². The van der Waals surface area contributed by atoms with Gasteiger partial charge in [0.25, 0.3) is 0 Å². The van der Waals surface area contributed by atoms with E-state index in [1.165, 1.54) is 96.3 Å². The van der Waals surface area contributed by atoms with E-state index in [2.05, 4.69) is 33.4 Å². The highest BCUT2D eigenvalue weighted by Crippen LogP contribution is 2.41. The van der Waals surface area contributed by atoms with Crippen molar-refractivity contribution in [1.82, 2.24) is 0 Å². The minimum absolute atomic E-state index is 0.686. The summed E-state index contributed by atoms with van der Waals surface area (Å²) in [5.74, 6) is 1.06. The smallest absolute Gasteiger partial charge is 0.00979 e. The molecule has 0 bridgehead atoms. The fourth-order valence-electron chi connectivity index (χ4n) is 3.55. The SMILES string of the molecule is CCCCC(CCCC)(CCCC)CCCCCCCS. The highest BCUT2D eigenvalue weighted by molar-refractivity contribution is 7.80. The average molecular weight is 315 g/mol. The van der Waals surface area contributed by atoms with E-state index >= 15 is 0 Å². The molecule has 0 amide bonds. The van der Waals surface area contributed by atoms with Crippen molar-refractivity contribution in [1.29, 1.82) is 0 Å². The fourth-order valence-corrected chi connectivity index (χ4v) is 3.77. The van der Waals surface area contributed by atoms with Crippen LogP contribution in [0, 0.1) is 5.41 Å². The molecule has 0 aliphatic rings. The number of hydrogen-bond acceptors (Lipinski definition) is 1. The number of thiol groups is 1. The Morgan fingerprint density at radius 3 is 1.33 bits per heavy atom. The molecule has 0 heterocycles. The lowest BCUT2D eigenvalue weighted by Gasteiger charge is -2.35. The summed E-state index contributed by atoms with van der Waals surface area (Å²) in [6, 6.07) is 0. The van der Waals surface area contributed by atoms with Gasteiger partial charge in [0.15, 0.2) is 0 Å². The first-order valence-electron chi connectivity index (χ1n) is 9.85. The molecule has 0 spiro atoms. The molecular weight excluding hydrogens is 272 g/mol. The second-order valence-electron chi connectivity index (χ2n) is 7.05. The van der Waals surface area contributed by atoms with Crippen LogP contribution in [0.1, 0.15) is 117 Å². The highest BCUT2D eigenvalue weighted by Gasteiger charge is 2.27. The van der Waals surface area contributed by atoms with Crippen LogP contribution in [-0.4, -0.2) is 5.75 Å². The van der Waals surface area contributed by atoms with Gasteiger partial charge in [0, 0.05) is 0 Å². The van der Waals surface area contributed by atoms with E-state index in [0.717, 1.165) is 5.75 Å². The first kappa shape index (κ1) is 21.4. The largest absolute Gasteiger partial charge is 0.179 e. The zero-order chi connectivity index (χ0) is 15.8. The number of unbranched alkanes of at least 4 members (excludes halogenated alkanes) is 7. The third-order valence-corrected chi connectivity index (χ3v) is 5.36. The quantitative estimate of drug-likeness (QED) is 0.218. The molecule has 0 rings (SSSR count). The molecule has 0 aliphatic carbocycles. The van der Waals surface area contributed by atoms with Gasteiger partial charge in [-0.15, -0.1) is 0 Å². The molecule has 0 fully saturated rings. The maximum absolute atomic E-state index is 4.31. The van der Waals surface area contributed by atoms with Gasteiger partial charge in [0.05, 0.1) is 0 Å². The van der Waals surface area contributed by atoms with Gasteiger partial charge in [-0.25, -0.2) is 0 Å². The molecule has 0 aromatic carbocycles. The van der Waals surface area contributed by atoms with Crippen molar-refractivity contribution >= 4 is 12.6 Å². The molecule has 128 valence electrons. The molecular formula is C20H42S. The summed E-state index contributed by atoms with van der Waals surface area (Å²) in [5, 5.41) is 0. The van der Waals surface area contributed by atoms with Crippen molar-refractivity contribution in [2.75, 3.05) is 5.75 Å². The molecule has 0 saturated heterocycles. The molecule has 0 unspecified atom stereocenters. The Kier molecular flexibility index (Phi) is 15.5. The molecule has 0 nitrogen and oxygen atoms in total. The molecule has 0 aliphatic heterocycles. The van der Waals surface area contributed by atoms with Crippen molar-refractivity contribution < 1.29 is 0 Å². The highest BCUT2D eigenvalue weighted by atomic mass is 32.1. The molecule has 0 atom stereocenters. The zero-order valence-electron chi connectivity index (χ0n) is 15.3. The monoisotopic (exact) mass is 314 g/mol. The lowest BCUT2D eigenvalue weighted by Crippen LogP contribution is -2.21. The third-order valence-electron chi connectivity index (χ3n) is 5.05. The van der Waals surface area contributed by atoms with E-state index in [1.807, 2.05) is 0 Å². The van der Waals surface area contributed by atoms with Crippen LogP contribution < -0.4 is 0 Å². The van der Waals surface area contributed by atoms with Gasteiger partial charge in [-0.05, 0) is 43.3 Å². The van der Waals surface area contributed by atoms with Gasteiger partial charge in [0.1, 0.15) is 0 Å². The average Bonchev–Trinajstić information content (AvgIpc) is 2.51. The van der Waals surface area contributed by atoms with E-state index < -0.39 is 0 Å². The van der Waals surface area contributed by atoms with E-state index in [0.29, 0.717) is 5.41 Å². The zero-order valence-corrected chi connectivity index (χ0v) is 16.2. The maximum atomic E-state index is 4.31. The van der Waals surface area contributed by atoms with E-state index in [4.69, 9.17) is 0 Å². The van der Waals surface area contributed by atoms with Crippen LogP contribution in [0.15, 0.2) is 0 Å². The summed E-state index contributed by atoms with van der Waals surface area (Å²) in [6.45, 7) is 7.05. The Hall–Kier alpha value is 0.350. The van der Waals surface area contributed by atoms with Crippen LogP contribution in [0.3, 0.4) is 0 Å². The molecule has 0 saturated carbocycles. The lowest BCUT2D eigenvalue weighted by molar-refractivity contribution is 0.176. The second kappa shape index (κ2) is 15.3. The minimum Gasteiger partial charge on any atom is -0.179 e. The van der Waals surface area contributed by atoms with Gasteiger partial charge in [0.2, 0.25) is 0 Å². The van der Waals surface area contributed by atoms with Crippen LogP contribution in [-0.2, 0) is 0 Å². The van der Waals surface area contributed by atoms with Gasteiger partial charge in [-0.2, -0.15) is 12.6 Å². The van der Waals surface area contributed by atoms with E-state index in [1.54, 1.807) is 0 Å². The number of hydrogen-bond donors (Lipinski definition) is 1. The van der Waals surface area contributed by atoms with Crippen LogP contribution in [0.25, 0.3) is 0 Å². The molecule has 21 heavy (non-hydrogen) atoms. The first-order valence-corrected chi connectivity index (χ1v) is 10.5. The van der Waals surface area contributed by atoms with E-state index in [9.17, 15) is 0 Å². The summed E-state index contributed by atoms with van der Waals surface area (Å²) in [6.07, 6.45) is 21.4. The molecule has 0 aromatic rings. The van der Waals surface area contributed by atoms with Crippen LogP contribution in [0.4, 0.5) is 0 Å². The Labute approximate surface area is 141 Å². The lowest BCUT2D eigenvalue weighted by atomic mass is 9.71. The van der Waals surface area contributed by atoms with E-state index in [-0.39, 0.29) is 0 Å². The van der Waals surface area contributed by atoms with Crippen LogP contribution in [0.2, 0.25) is 0 Å². The van der Waals surface area contributed by atoms with Crippen molar-refractivity contribution in [3.8, 4) is 0 Å². The fraction of sp³-hybridized carbons (Fsp3) is 1.00. The summed E-state index contributed by atoms with van der Waals surface area (Å²) in [4.78, 5) is 0. The Balaban J connectivity index is 4.28. The van der Waals surface area contributed by atoms with Crippen LogP contribution in [0.5, 0.6) is 0 Å². The predicted octanol–water partition coefficient (Wildman–Crippen LogP) is 7.81. The summed E-state index contributed by atoms with van der Waals surface area (Å²) in [5.41, 5.74) is 0.686. The van der Waals surface area contributed by atoms with Crippen molar-refractivity contribution in [3.05, 3.63) is 0 Å². The van der Waals surface area contributed by atoms with Crippen molar-refractivity contribution in [2.45, 2.75) is 117 Å². The molecule has 1 heteroatoms. The Bertz CT molecular complexity index is 178. The summed E-state index contributed by atoms with van der Waals surface area (Å²) >= 11 is 4.31. The normalized spacial score (nSPS) is 12.0.